The molecule has 3 nitrogen and oxygen atoms in total. The summed E-state index contributed by atoms with van der Waals surface area (Å²) in [6, 6.07) is 0.627. The summed E-state index contributed by atoms with van der Waals surface area (Å²) in [6.07, 6.45) is 3.57. The van der Waals surface area contributed by atoms with Crippen molar-refractivity contribution in [3.8, 4) is 0 Å². The molecule has 1 aliphatic heterocycles. The van der Waals surface area contributed by atoms with Crippen LogP contribution in [0.3, 0.4) is 0 Å². The molecule has 1 unspecified atom stereocenters. The van der Waals surface area contributed by atoms with Crippen LogP contribution in [-0.4, -0.2) is 42.4 Å². The van der Waals surface area contributed by atoms with Crippen molar-refractivity contribution in [2.75, 3.05) is 26.3 Å². The Bertz CT molecular complexity index is 233. The average molecular weight is 258 g/mol. The van der Waals surface area contributed by atoms with Crippen LogP contribution in [0.2, 0.25) is 0 Å². The molecule has 1 saturated heterocycles. The zero-order chi connectivity index (χ0) is 12.7. The monoisotopic (exact) mass is 258 g/mol. The molecule has 0 saturated carbocycles. The first-order valence-electron chi connectivity index (χ1n) is 6.79. The molecule has 0 aromatic carbocycles. The second-order valence-corrected chi connectivity index (χ2v) is 5.32. The van der Waals surface area contributed by atoms with Crippen molar-refractivity contribution in [1.29, 1.82) is 0 Å². The first-order valence-corrected chi connectivity index (χ1v) is 7.19. The third-order valence-electron chi connectivity index (χ3n) is 3.28. The summed E-state index contributed by atoms with van der Waals surface area (Å²) in [7, 11) is 0. The lowest BCUT2D eigenvalue weighted by molar-refractivity contribution is 0.145. The standard InChI is InChI=1S/C13H26N2OS/c1-4-16-10-6-8-14-13(17)15-9-5-7-12(15)11(2)3/h11-12H,4-10H2,1-3H3,(H,14,17). The summed E-state index contributed by atoms with van der Waals surface area (Å²) in [6.45, 7) is 10.2. The van der Waals surface area contributed by atoms with E-state index in [1.807, 2.05) is 6.92 Å². The fraction of sp³-hybridized carbons (Fsp3) is 0.923. The Morgan fingerprint density at radius 2 is 2.29 bits per heavy atom. The maximum absolute atomic E-state index is 5.46. The molecule has 0 amide bonds. The van der Waals surface area contributed by atoms with E-state index in [1.165, 1.54) is 12.8 Å². The van der Waals surface area contributed by atoms with Gasteiger partial charge in [0.1, 0.15) is 0 Å². The van der Waals surface area contributed by atoms with Gasteiger partial charge < -0.3 is 15.0 Å². The quantitative estimate of drug-likeness (QED) is 0.584. The molecule has 1 atom stereocenters. The molecule has 0 aromatic rings. The average Bonchev–Trinajstić information content (AvgIpc) is 2.77. The minimum Gasteiger partial charge on any atom is -0.382 e. The van der Waals surface area contributed by atoms with Crippen LogP contribution < -0.4 is 5.32 Å². The summed E-state index contributed by atoms with van der Waals surface area (Å²) in [5.41, 5.74) is 0. The number of rotatable bonds is 6. The second-order valence-electron chi connectivity index (χ2n) is 4.93. The molecular formula is C13H26N2OS. The molecule has 17 heavy (non-hydrogen) atoms. The molecular weight excluding hydrogens is 232 g/mol. The van der Waals surface area contributed by atoms with Crippen molar-refractivity contribution in [1.82, 2.24) is 10.2 Å². The molecule has 0 aliphatic carbocycles. The Morgan fingerprint density at radius 3 is 2.94 bits per heavy atom. The van der Waals surface area contributed by atoms with E-state index >= 15 is 0 Å². The molecule has 1 N–H and O–H groups in total. The maximum Gasteiger partial charge on any atom is 0.169 e. The Hall–Kier alpha value is -0.350. The van der Waals surface area contributed by atoms with Crippen LogP contribution in [0.5, 0.6) is 0 Å². The summed E-state index contributed by atoms with van der Waals surface area (Å²) >= 11 is 5.46. The van der Waals surface area contributed by atoms with Gasteiger partial charge in [0.2, 0.25) is 0 Å². The van der Waals surface area contributed by atoms with Crippen molar-refractivity contribution < 1.29 is 4.74 Å². The van der Waals surface area contributed by atoms with Crippen LogP contribution in [0.1, 0.15) is 40.0 Å². The van der Waals surface area contributed by atoms with Crippen LogP contribution >= 0.6 is 12.2 Å². The molecule has 0 bridgehead atoms. The van der Waals surface area contributed by atoms with Crippen LogP contribution in [0.25, 0.3) is 0 Å². The van der Waals surface area contributed by atoms with Gasteiger partial charge in [-0.3, -0.25) is 0 Å². The third kappa shape index (κ3) is 4.80. The van der Waals surface area contributed by atoms with Crippen molar-refractivity contribution in [3.05, 3.63) is 0 Å². The van der Waals surface area contributed by atoms with Crippen molar-refractivity contribution in [2.45, 2.75) is 46.1 Å². The summed E-state index contributed by atoms with van der Waals surface area (Å²) in [4.78, 5) is 2.36. The van der Waals surface area contributed by atoms with E-state index in [1.54, 1.807) is 0 Å². The molecule has 1 fully saturated rings. The highest BCUT2D eigenvalue weighted by Gasteiger charge is 2.28. The molecule has 0 spiro atoms. The van der Waals surface area contributed by atoms with Gasteiger partial charge in [0.25, 0.3) is 0 Å². The zero-order valence-electron chi connectivity index (χ0n) is 11.4. The lowest BCUT2D eigenvalue weighted by Crippen LogP contribution is -2.44. The number of ether oxygens (including phenoxy) is 1. The maximum atomic E-state index is 5.46. The SMILES string of the molecule is CCOCCCNC(=S)N1CCCC1C(C)C. The molecule has 100 valence electrons. The van der Waals surface area contributed by atoms with Gasteiger partial charge in [-0.1, -0.05) is 13.8 Å². The number of hydrogen-bond donors (Lipinski definition) is 1. The first-order chi connectivity index (χ1) is 8.16. The molecule has 1 aliphatic rings. The second kappa shape index (κ2) is 7.88. The van der Waals surface area contributed by atoms with E-state index in [0.717, 1.165) is 37.8 Å². The molecule has 1 heterocycles. The predicted molar refractivity (Wildman–Crippen MR) is 76.3 cm³/mol. The summed E-state index contributed by atoms with van der Waals surface area (Å²) in [5.74, 6) is 0.681. The Balaban J connectivity index is 2.22. The van der Waals surface area contributed by atoms with E-state index in [9.17, 15) is 0 Å². The van der Waals surface area contributed by atoms with Gasteiger partial charge in [-0.2, -0.15) is 0 Å². The summed E-state index contributed by atoms with van der Waals surface area (Å²) < 4.78 is 5.30. The fourth-order valence-corrected chi connectivity index (χ4v) is 2.68. The van der Waals surface area contributed by atoms with E-state index in [4.69, 9.17) is 17.0 Å². The minimum absolute atomic E-state index is 0.627. The number of nitrogens with one attached hydrogen (secondary N) is 1. The predicted octanol–water partition coefficient (Wildman–Crippen LogP) is 2.41. The minimum atomic E-state index is 0.627. The summed E-state index contributed by atoms with van der Waals surface area (Å²) in [5, 5.41) is 4.27. The highest BCUT2D eigenvalue weighted by Crippen LogP contribution is 2.23. The zero-order valence-corrected chi connectivity index (χ0v) is 12.2. The van der Waals surface area contributed by atoms with Gasteiger partial charge in [0.15, 0.2) is 5.11 Å². The van der Waals surface area contributed by atoms with Gasteiger partial charge >= 0.3 is 0 Å². The van der Waals surface area contributed by atoms with Crippen LogP contribution in [0.4, 0.5) is 0 Å². The molecule has 0 aromatic heterocycles. The van der Waals surface area contributed by atoms with Crippen LogP contribution in [0, 0.1) is 5.92 Å². The normalized spacial score (nSPS) is 20.0. The van der Waals surface area contributed by atoms with Crippen LogP contribution in [-0.2, 0) is 4.74 Å². The van der Waals surface area contributed by atoms with Crippen molar-refractivity contribution in [3.63, 3.8) is 0 Å². The van der Waals surface area contributed by atoms with Crippen LogP contribution in [0.15, 0.2) is 0 Å². The lowest BCUT2D eigenvalue weighted by atomic mass is 10.0. The third-order valence-corrected chi connectivity index (χ3v) is 3.65. The highest BCUT2D eigenvalue weighted by atomic mass is 32.1. The molecule has 1 rings (SSSR count). The largest absolute Gasteiger partial charge is 0.382 e. The van der Waals surface area contributed by atoms with Gasteiger partial charge in [0, 0.05) is 32.3 Å². The van der Waals surface area contributed by atoms with E-state index in [0.29, 0.717) is 12.0 Å². The Kier molecular flexibility index (Phi) is 6.82. The van der Waals surface area contributed by atoms with Crippen molar-refractivity contribution >= 4 is 17.3 Å². The van der Waals surface area contributed by atoms with Gasteiger partial charge in [-0.25, -0.2) is 0 Å². The topological polar surface area (TPSA) is 24.5 Å². The fourth-order valence-electron chi connectivity index (χ4n) is 2.35. The molecule has 0 radical (unpaired) electrons. The van der Waals surface area contributed by atoms with E-state index in [2.05, 4.69) is 24.1 Å². The van der Waals surface area contributed by atoms with Gasteiger partial charge in [-0.05, 0) is 44.3 Å². The van der Waals surface area contributed by atoms with E-state index in [-0.39, 0.29) is 0 Å². The smallest absolute Gasteiger partial charge is 0.169 e. The number of likely N-dealkylation sites (tertiary alicyclic amines) is 1. The Labute approximate surface area is 111 Å². The number of hydrogen-bond acceptors (Lipinski definition) is 2. The Morgan fingerprint density at radius 1 is 1.53 bits per heavy atom. The highest BCUT2D eigenvalue weighted by molar-refractivity contribution is 7.80. The van der Waals surface area contributed by atoms with Gasteiger partial charge in [-0.15, -0.1) is 0 Å². The van der Waals surface area contributed by atoms with Crippen molar-refractivity contribution in [2.24, 2.45) is 5.92 Å². The van der Waals surface area contributed by atoms with Gasteiger partial charge in [0.05, 0.1) is 0 Å². The number of nitrogens with zero attached hydrogens (tertiary/aromatic N) is 1. The lowest BCUT2D eigenvalue weighted by Gasteiger charge is -2.30. The molecule has 4 heteroatoms. The number of thiocarbonyl (C=S) groups is 1. The first kappa shape index (κ1) is 14.7. The van der Waals surface area contributed by atoms with E-state index < -0.39 is 0 Å².